The number of methoxy groups -OCH3 is 1. The van der Waals surface area contributed by atoms with E-state index in [1.54, 1.807) is 0 Å². The van der Waals surface area contributed by atoms with Crippen molar-refractivity contribution in [3.63, 3.8) is 0 Å². The second kappa shape index (κ2) is 7.66. The molecule has 1 heterocycles. The highest BCUT2D eigenvalue weighted by Crippen LogP contribution is 1.93. The number of aromatic nitrogens is 2. The summed E-state index contributed by atoms with van der Waals surface area (Å²) in [5.74, 6) is 0.805. The van der Waals surface area contributed by atoms with Crippen LogP contribution in [0.2, 0.25) is 0 Å². The highest BCUT2D eigenvalue weighted by molar-refractivity contribution is 5.53. The molecule has 0 fully saturated rings. The molecule has 16 heavy (non-hydrogen) atoms. The molecule has 0 aromatic carbocycles. The van der Waals surface area contributed by atoms with Gasteiger partial charge in [-0.05, 0) is 0 Å². The molecule has 92 valence electrons. The molecule has 0 spiro atoms. The third-order valence-corrected chi connectivity index (χ3v) is 1.86. The average Bonchev–Trinajstić information content (AvgIpc) is 2.61. The van der Waals surface area contributed by atoms with E-state index >= 15 is 0 Å². The molecule has 0 radical (unpaired) electrons. The fourth-order valence-corrected chi connectivity index (χ4v) is 1.07. The number of carbonyl (C=O) groups is 1. The summed E-state index contributed by atoms with van der Waals surface area (Å²) in [7, 11) is 2.90. The standard InChI is InChI=1S/C7H13N2O2.C2H4O3/c1-8-2-3-9(4-5-10)7(8)6-11;1-5-2(3)4/h2-3,10-11H,4-6H2,1H3;1H3,(H,3,4)/q+1;/p-1. The number of imidazole rings is 1. The van der Waals surface area contributed by atoms with Crippen molar-refractivity contribution in [2.45, 2.75) is 13.2 Å². The lowest BCUT2D eigenvalue weighted by molar-refractivity contribution is -0.680. The molecule has 1 aromatic heterocycles. The highest BCUT2D eigenvalue weighted by atomic mass is 16.6. The van der Waals surface area contributed by atoms with E-state index in [4.69, 9.17) is 20.1 Å². The molecule has 7 heteroatoms. The lowest BCUT2D eigenvalue weighted by Crippen LogP contribution is -2.32. The van der Waals surface area contributed by atoms with Crippen LogP contribution < -0.4 is 9.67 Å². The first kappa shape index (κ1) is 14.4. The number of aryl methyl sites for hydroxylation is 1. The molecule has 0 atom stereocenters. The summed E-state index contributed by atoms with van der Waals surface area (Å²) < 4.78 is 7.20. The van der Waals surface area contributed by atoms with Crippen molar-refractivity contribution in [1.29, 1.82) is 0 Å². The summed E-state index contributed by atoms with van der Waals surface area (Å²) in [6.45, 7) is 0.641. The third kappa shape index (κ3) is 4.76. The molecular weight excluding hydrogens is 216 g/mol. The molecule has 0 aliphatic heterocycles. The van der Waals surface area contributed by atoms with Gasteiger partial charge in [0.05, 0.1) is 13.7 Å². The molecule has 0 saturated heterocycles. The van der Waals surface area contributed by atoms with E-state index in [9.17, 15) is 0 Å². The summed E-state index contributed by atoms with van der Waals surface area (Å²) >= 11 is 0. The summed E-state index contributed by atoms with van der Waals surface area (Å²) in [5, 5.41) is 26.6. The number of hydrogen-bond donors (Lipinski definition) is 2. The van der Waals surface area contributed by atoms with Gasteiger partial charge in [0.2, 0.25) is 0 Å². The number of aliphatic hydroxyl groups excluding tert-OH is 2. The first-order chi connectivity index (χ1) is 7.56. The Kier molecular flexibility index (Phi) is 6.89. The Morgan fingerprint density at radius 2 is 2.19 bits per heavy atom. The molecule has 0 aliphatic carbocycles. The summed E-state index contributed by atoms with van der Waals surface area (Å²) in [6, 6.07) is 0. The lowest BCUT2D eigenvalue weighted by Gasteiger charge is -1.96. The van der Waals surface area contributed by atoms with Crippen LogP contribution in [0.25, 0.3) is 0 Å². The van der Waals surface area contributed by atoms with Crippen LogP contribution >= 0.6 is 0 Å². The quantitative estimate of drug-likeness (QED) is 0.454. The Labute approximate surface area is 93.1 Å². The van der Waals surface area contributed by atoms with Gasteiger partial charge >= 0.3 is 0 Å². The van der Waals surface area contributed by atoms with Crippen molar-refractivity contribution in [3.8, 4) is 0 Å². The van der Waals surface area contributed by atoms with Crippen LogP contribution in [0.4, 0.5) is 4.79 Å². The molecule has 1 aromatic rings. The van der Waals surface area contributed by atoms with Gasteiger partial charge in [0.15, 0.2) is 0 Å². The van der Waals surface area contributed by atoms with Crippen molar-refractivity contribution in [2.24, 2.45) is 7.05 Å². The molecule has 7 nitrogen and oxygen atoms in total. The molecule has 0 aliphatic rings. The molecule has 0 saturated carbocycles. The van der Waals surface area contributed by atoms with Gasteiger partial charge in [0, 0.05) is 7.11 Å². The van der Waals surface area contributed by atoms with Gasteiger partial charge in [-0.15, -0.1) is 0 Å². The van der Waals surface area contributed by atoms with E-state index in [0.717, 1.165) is 12.9 Å². The molecular formula is C9H16N2O5. The zero-order valence-corrected chi connectivity index (χ0v) is 9.29. The van der Waals surface area contributed by atoms with Crippen molar-refractivity contribution in [2.75, 3.05) is 13.7 Å². The number of ether oxygens (including phenoxy) is 1. The minimum Gasteiger partial charge on any atom is -0.553 e. The lowest BCUT2D eigenvalue weighted by atomic mass is 10.6. The summed E-state index contributed by atoms with van der Waals surface area (Å²) in [5.41, 5.74) is 0. The number of nitrogens with zero attached hydrogens (tertiary/aromatic N) is 2. The van der Waals surface area contributed by atoms with Crippen LogP contribution in [0, 0.1) is 0 Å². The van der Waals surface area contributed by atoms with Crippen molar-refractivity contribution >= 4 is 6.16 Å². The van der Waals surface area contributed by atoms with Gasteiger partial charge in [-0.2, -0.15) is 0 Å². The van der Waals surface area contributed by atoms with E-state index < -0.39 is 6.16 Å². The van der Waals surface area contributed by atoms with Crippen LogP contribution in [0.3, 0.4) is 0 Å². The topological polar surface area (TPSA) is 98.6 Å². The summed E-state index contributed by atoms with van der Waals surface area (Å²) in [6.07, 6.45) is 2.19. The van der Waals surface area contributed by atoms with E-state index in [2.05, 4.69) is 4.74 Å². The van der Waals surface area contributed by atoms with Crippen LogP contribution in [-0.2, 0) is 24.9 Å². The zero-order chi connectivity index (χ0) is 12.6. The smallest absolute Gasteiger partial charge is 0.282 e. The fourth-order valence-electron chi connectivity index (χ4n) is 1.07. The van der Waals surface area contributed by atoms with Crippen LogP contribution in [-0.4, -0.2) is 34.7 Å². The second-order valence-corrected chi connectivity index (χ2v) is 2.85. The maximum Gasteiger partial charge on any atom is 0.282 e. The Balaban J connectivity index is 0.000000385. The second-order valence-electron chi connectivity index (χ2n) is 2.85. The number of carboxylic acid groups (broad SMARTS) is 1. The number of aliphatic hydroxyl groups is 2. The number of rotatable bonds is 3. The van der Waals surface area contributed by atoms with Gasteiger partial charge in [-0.3, -0.25) is 0 Å². The van der Waals surface area contributed by atoms with Gasteiger partial charge in [-0.1, -0.05) is 0 Å². The Hall–Kier alpha value is -1.60. The Morgan fingerprint density at radius 3 is 2.56 bits per heavy atom. The van der Waals surface area contributed by atoms with Crippen LogP contribution in [0.5, 0.6) is 0 Å². The van der Waals surface area contributed by atoms with E-state index in [0.29, 0.717) is 6.54 Å². The first-order valence-electron chi connectivity index (χ1n) is 4.57. The number of carbonyl (C=O) groups excluding carboxylic acids is 1. The summed E-state index contributed by atoms with van der Waals surface area (Å²) in [4.78, 5) is 9.03. The molecule has 1 rings (SSSR count). The van der Waals surface area contributed by atoms with E-state index in [1.807, 2.05) is 28.6 Å². The van der Waals surface area contributed by atoms with E-state index in [1.165, 1.54) is 0 Å². The Morgan fingerprint density at radius 1 is 1.62 bits per heavy atom. The average molecular weight is 232 g/mol. The SMILES string of the molecule is COC(=O)[O-].C[n+]1ccn(CCO)c1CO. The molecule has 0 amide bonds. The predicted molar refractivity (Wildman–Crippen MR) is 51.0 cm³/mol. The van der Waals surface area contributed by atoms with Gasteiger partial charge < -0.3 is 24.9 Å². The normalized spacial score (nSPS) is 9.25. The zero-order valence-electron chi connectivity index (χ0n) is 9.29. The van der Waals surface area contributed by atoms with Crippen molar-refractivity contribution in [3.05, 3.63) is 18.2 Å². The van der Waals surface area contributed by atoms with Gasteiger partial charge in [0.25, 0.3) is 12.0 Å². The van der Waals surface area contributed by atoms with Crippen LogP contribution in [0.15, 0.2) is 12.4 Å². The third-order valence-electron chi connectivity index (χ3n) is 1.86. The molecule has 2 N–H and O–H groups in total. The first-order valence-corrected chi connectivity index (χ1v) is 4.57. The largest absolute Gasteiger partial charge is 0.553 e. The monoisotopic (exact) mass is 232 g/mol. The maximum absolute atomic E-state index is 9.03. The maximum atomic E-state index is 9.03. The van der Waals surface area contributed by atoms with Crippen molar-refractivity contribution < 1.29 is 29.4 Å². The van der Waals surface area contributed by atoms with Gasteiger partial charge in [-0.25, -0.2) is 9.13 Å². The van der Waals surface area contributed by atoms with E-state index in [-0.39, 0.29) is 13.2 Å². The predicted octanol–water partition coefficient (Wildman–Crippen LogP) is -2.23. The molecule has 0 unspecified atom stereocenters. The minimum absolute atomic E-state index is 0.00347. The minimum atomic E-state index is -1.50. The molecule has 0 bridgehead atoms. The fraction of sp³-hybridized carbons (Fsp3) is 0.556. The highest BCUT2D eigenvalue weighted by Gasteiger charge is 2.11. The number of hydrogen-bond acceptors (Lipinski definition) is 5. The van der Waals surface area contributed by atoms with Crippen LogP contribution in [0.1, 0.15) is 5.82 Å². The van der Waals surface area contributed by atoms with Crippen molar-refractivity contribution in [1.82, 2.24) is 4.57 Å². The van der Waals surface area contributed by atoms with Gasteiger partial charge in [0.1, 0.15) is 25.5 Å². The Bertz CT molecular complexity index is 324.